The zero-order valence-corrected chi connectivity index (χ0v) is 8.27. The number of nitrogens with zero attached hydrogens (tertiary/aromatic N) is 2. The van der Waals surface area contributed by atoms with Gasteiger partial charge in [0.15, 0.2) is 5.82 Å². The van der Waals surface area contributed by atoms with E-state index < -0.39 is 0 Å². The molecule has 1 fully saturated rings. The monoisotopic (exact) mass is 197 g/mol. The molecule has 2 atom stereocenters. The third kappa shape index (κ3) is 1.78. The molecule has 14 heavy (non-hydrogen) atoms. The van der Waals surface area contributed by atoms with Crippen molar-refractivity contribution in [3.8, 4) is 0 Å². The summed E-state index contributed by atoms with van der Waals surface area (Å²) >= 11 is 0. The Morgan fingerprint density at radius 2 is 2.50 bits per heavy atom. The summed E-state index contributed by atoms with van der Waals surface area (Å²) in [6.45, 7) is 3.46. The molecule has 78 valence electrons. The maximum atomic E-state index is 5.79. The summed E-state index contributed by atoms with van der Waals surface area (Å²) < 4.78 is 10.4. The molecule has 5 heteroatoms. The van der Waals surface area contributed by atoms with Crippen molar-refractivity contribution in [2.75, 3.05) is 13.2 Å². The van der Waals surface area contributed by atoms with Crippen molar-refractivity contribution in [3.63, 3.8) is 0 Å². The Balaban J connectivity index is 2.08. The van der Waals surface area contributed by atoms with Crippen molar-refractivity contribution < 1.29 is 9.26 Å². The quantitative estimate of drug-likeness (QED) is 0.781. The van der Waals surface area contributed by atoms with Crippen LogP contribution in [-0.2, 0) is 4.74 Å². The third-order valence-corrected chi connectivity index (χ3v) is 2.51. The van der Waals surface area contributed by atoms with E-state index in [2.05, 4.69) is 10.1 Å². The highest BCUT2D eigenvalue weighted by atomic mass is 16.5. The van der Waals surface area contributed by atoms with Gasteiger partial charge >= 0.3 is 0 Å². The summed E-state index contributed by atoms with van der Waals surface area (Å²) in [5.74, 6) is 1.54. The zero-order chi connectivity index (χ0) is 9.97. The lowest BCUT2D eigenvalue weighted by molar-refractivity contribution is 0.189. The summed E-state index contributed by atoms with van der Waals surface area (Å²) in [5, 5.41) is 3.86. The molecule has 0 aromatic carbocycles. The maximum Gasteiger partial charge on any atom is 0.232 e. The molecule has 0 radical (unpaired) electrons. The second-order valence-electron chi connectivity index (χ2n) is 3.57. The lowest BCUT2D eigenvalue weighted by Crippen LogP contribution is -2.10. The van der Waals surface area contributed by atoms with Crippen LogP contribution in [0.15, 0.2) is 4.52 Å². The van der Waals surface area contributed by atoms with Crippen LogP contribution < -0.4 is 5.73 Å². The highest BCUT2D eigenvalue weighted by Gasteiger charge is 2.24. The fourth-order valence-corrected chi connectivity index (χ4v) is 1.48. The van der Waals surface area contributed by atoms with Gasteiger partial charge in [0.05, 0.1) is 18.6 Å². The molecule has 1 aliphatic heterocycles. The molecule has 0 bridgehead atoms. The van der Waals surface area contributed by atoms with Gasteiger partial charge in [0, 0.05) is 6.61 Å². The van der Waals surface area contributed by atoms with Crippen molar-refractivity contribution >= 4 is 0 Å². The first-order valence-corrected chi connectivity index (χ1v) is 4.98. The van der Waals surface area contributed by atoms with Gasteiger partial charge in [0.1, 0.15) is 0 Å². The minimum atomic E-state index is -0.116. The van der Waals surface area contributed by atoms with E-state index in [0.717, 1.165) is 19.4 Å². The Hall–Kier alpha value is -0.940. The molecular formula is C9H15N3O2. The predicted molar refractivity (Wildman–Crippen MR) is 49.7 cm³/mol. The van der Waals surface area contributed by atoms with E-state index >= 15 is 0 Å². The predicted octanol–water partition coefficient (Wildman–Crippen LogP) is 0.983. The smallest absolute Gasteiger partial charge is 0.232 e. The molecule has 0 spiro atoms. The number of aromatic nitrogens is 2. The van der Waals surface area contributed by atoms with Crippen LogP contribution in [0.5, 0.6) is 0 Å². The molecule has 1 saturated heterocycles. The van der Waals surface area contributed by atoms with Gasteiger partial charge in [-0.2, -0.15) is 4.98 Å². The molecular weight excluding hydrogens is 182 g/mol. The van der Waals surface area contributed by atoms with E-state index in [-0.39, 0.29) is 12.0 Å². The van der Waals surface area contributed by atoms with Crippen molar-refractivity contribution in [1.29, 1.82) is 0 Å². The molecule has 0 saturated carbocycles. The molecule has 1 aromatic heterocycles. The standard InChI is InChI=1S/C9H15N3O2/c1-2-7(10)8-11-9(14-12-8)6-3-4-13-5-6/h6-7H,2-5,10H2,1H3. The first-order chi connectivity index (χ1) is 6.81. The molecule has 2 rings (SSSR count). The van der Waals surface area contributed by atoms with Crippen LogP contribution in [0.4, 0.5) is 0 Å². The molecule has 5 nitrogen and oxygen atoms in total. The second kappa shape index (κ2) is 4.06. The van der Waals surface area contributed by atoms with Crippen molar-refractivity contribution in [2.24, 2.45) is 5.73 Å². The molecule has 2 heterocycles. The van der Waals surface area contributed by atoms with Gasteiger partial charge in [0.2, 0.25) is 5.89 Å². The Bertz CT molecular complexity index is 294. The van der Waals surface area contributed by atoms with Crippen LogP contribution in [0.1, 0.15) is 43.4 Å². The number of hydrogen-bond acceptors (Lipinski definition) is 5. The van der Waals surface area contributed by atoms with E-state index in [4.69, 9.17) is 15.0 Å². The lowest BCUT2D eigenvalue weighted by Gasteiger charge is -2.00. The van der Waals surface area contributed by atoms with E-state index in [1.165, 1.54) is 0 Å². The molecule has 0 amide bonds. The van der Waals surface area contributed by atoms with Crippen LogP contribution in [0.2, 0.25) is 0 Å². The molecule has 1 aromatic rings. The minimum Gasteiger partial charge on any atom is -0.381 e. The van der Waals surface area contributed by atoms with Crippen LogP contribution in [0.3, 0.4) is 0 Å². The van der Waals surface area contributed by atoms with Gasteiger partial charge in [-0.05, 0) is 12.8 Å². The number of nitrogens with two attached hydrogens (primary N) is 1. The fourth-order valence-electron chi connectivity index (χ4n) is 1.48. The zero-order valence-electron chi connectivity index (χ0n) is 8.27. The molecule has 0 aliphatic carbocycles. The van der Waals surface area contributed by atoms with Gasteiger partial charge in [0.25, 0.3) is 0 Å². The topological polar surface area (TPSA) is 74.2 Å². The Morgan fingerprint density at radius 1 is 1.64 bits per heavy atom. The fraction of sp³-hybridized carbons (Fsp3) is 0.778. The number of hydrogen-bond donors (Lipinski definition) is 1. The molecule has 1 aliphatic rings. The van der Waals surface area contributed by atoms with E-state index in [9.17, 15) is 0 Å². The van der Waals surface area contributed by atoms with Crippen molar-refractivity contribution in [2.45, 2.75) is 31.7 Å². The Kier molecular flexibility index (Phi) is 2.79. The van der Waals surface area contributed by atoms with Crippen LogP contribution in [0, 0.1) is 0 Å². The molecule has 2 unspecified atom stereocenters. The van der Waals surface area contributed by atoms with Crippen LogP contribution >= 0.6 is 0 Å². The average molecular weight is 197 g/mol. The van der Waals surface area contributed by atoms with E-state index in [0.29, 0.717) is 18.3 Å². The van der Waals surface area contributed by atoms with Gasteiger partial charge in [-0.3, -0.25) is 0 Å². The highest BCUT2D eigenvalue weighted by Crippen LogP contribution is 2.24. The normalized spacial score (nSPS) is 24.0. The van der Waals surface area contributed by atoms with Crippen LogP contribution in [0.25, 0.3) is 0 Å². The van der Waals surface area contributed by atoms with E-state index in [1.54, 1.807) is 0 Å². The van der Waals surface area contributed by atoms with Crippen LogP contribution in [-0.4, -0.2) is 23.4 Å². The SMILES string of the molecule is CCC(N)c1noc(C2CCOC2)n1. The van der Waals surface area contributed by atoms with Crippen molar-refractivity contribution in [1.82, 2.24) is 10.1 Å². The van der Waals surface area contributed by atoms with E-state index in [1.807, 2.05) is 6.92 Å². The average Bonchev–Trinajstić information content (AvgIpc) is 2.86. The highest BCUT2D eigenvalue weighted by molar-refractivity contribution is 4.98. The Morgan fingerprint density at radius 3 is 3.14 bits per heavy atom. The van der Waals surface area contributed by atoms with Gasteiger partial charge in [-0.15, -0.1) is 0 Å². The maximum absolute atomic E-state index is 5.79. The lowest BCUT2D eigenvalue weighted by atomic mass is 10.1. The summed E-state index contributed by atoms with van der Waals surface area (Å²) in [5.41, 5.74) is 5.79. The summed E-state index contributed by atoms with van der Waals surface area (Å²) in [7, 11) is 0. The summed E-state index contributed by atoms with van der Waals surface area (Å²) in [6.07, 6.45) is 1.78. The Labute approximate surface area is 82.6 Å². The third-order valence-electron chi connectivity index (χ3n) is 2.51. The first kappa shape index (κ1) is 9.61. The van der Waals surface area contributed by atoms with Gasteiger partial charge < -0.3 is 15.0 Å². The number of ether oxygens (including phenoxy) is 1. The minimum absolute atomic E-state index is 0.116. The van der Waals surface area contributed by atoms with Crippen molar-refractivity contribution in [3.05, 3.63) is 11.7 Å². The summed E-state index contributed by atoms with van der Waals surface area (Å²) in [6, 6.07) is -0.116. The second-order valence-corrected chi connectivity index (χ2v) is 3.57. The molecule has 2 N–H and O–H groups in total. The first-order valence-electron chi connectivity index (χ1n) is 4.98. The van der Waals surface area contributed by atoms with Gasteiger partial charge in [-0.25, -0.2) is 0 Å². The van der Waals surface area contributed by atoms with Gasteiger partial charge in [-0.1, -0.05) is 12.1 Å². The summed E-state index contributed by atoms with van der Waals surface area (Å²) in [4.78, 5) is 4.28. The largest absolute Gasteiger partial charge is 0.381 e. The number of rotatable bonds is 3.